The largest absolute Gasteiger partial charge is 0.483 e. The van der Waals surface area contributed by atoms with E-state index < -0.39 is 30.2 Å². The summed E-state index contributed by atoms with van der Waals surface area (Å²) >= 11 is 11.5. The lowest BCUT2D eigenvalue weighted by Gasteiger charge is -2.13. The highest BCUT2D eigenvalue weighted by Crippen LogP contribution is 2.33. The molecule has 2 rings (SSSR count). The lowest BCUT2D eigenvalue weighted by molar-refractivity contribution is -0.137. The molecule has 0 heterocycles. The second-order valence-electron chi connectivity index (χ2n) is 5.03. The van der Waals surface area contributed by atoms with Crippen LogP contribution in [0.2, 0.25) is 10.0 Å². The topological polar surface area (TPSA) is 81.4 Å². The van der Waals surface area contributed by atoms with Crippen LogP contribution >= 0.6 is 23.2 Å². The molecule has 0 aliphatic rings. The highest BCUT2D eigenvalue weighted by atomic mass is 35.5. The van der Waals surface area contributed by atoms with E-state index in [9.17, 15) is 22.8 Å². The van der Waals surface area contributed by atoms with Gasteiger partial charge in [0.2, 0.25) is 0 Å². The Morgan fingerprint density at radius 3 is 2.42 bits per heavy atom. The maximum atomic E-state index is 12.7. The zero-order chi connectivity index (χ0) is 19.5. The van der Waals surface area contributed by atoms with Crippen molar-refractivity contribution in [3.8, 4) is 5.75 Å². The highest BCUT2D eigenvalue weighted by molar-refractivity contribution is 6.33. The number of ether oxygens (including phenoxy) is 1. The molecule has 0 aromatic heterocycles. The molecule has 0 aliphatic heterocycles. The van der Waals surface area contributed by atoms with Crippen molar-refractivity contribution in [2.75, 3.05) is 11.9 Å². The van der Waals surface area contributed by atoms with E-state index in [-0.39, 0.29) is 27.0 Å². The number of anilines is 1. The first-order valence-electron chi connectivity index (χ1n) is 6.96. The number of carbonyl (C=O) groups is 2. The number of hydrogen-bond acceptors (Lipinski definition) is 3. The molecule has 0 fully saturated rings. The van der Waals surface area contributed by atoms with Crippen LogP contribution in [-0.4, -0.2) is 18.4 Å². The van der Waals surface area contributed by atoms with Crippen molar-refractivity contribution in [3.63, 3.8) is 0 Å². The van der Waals surface area contributed by atoms with Gasteiger partial charge in [-0.15, -0.1) is 0 Å². The third-order valence-corrected chi connectivity index (χ3v) is 3.70. The Bertz CT molecular complexity index is 857. The predicted molar refractivity (Wildman–Crippen MR) is 90.5 cm³/mol. The lowest BCUT2D eigenvalue weighted by Crippen LogP contribution is -2.22. The van der Waals surface area contributed by atoms with Crippen molar-refractivity contribution in [2.24, 2.45) is 5.73 Å². The van der Waals surface area contributed by atoms with Gasteiger partial charge in [0, 0.05) is 5.02 Å². The van der Waals surface area contributed by atoms with Crippen LogP contribution < -0.4 is 15.8 Å². The summed E-state index contributed by atoms with van der Waals surface area (Å²) in [6.45, 7) is -0.589. The van der Waals surface area contributed by atoms with Crippen molar-refractivity contribution in [2.45, 2.75) is 6.18 Å². The molecule has 0 unspecified atom stereocenters. The summed E-state index contributed by atoms with van der Waals surface area (Å²) in [5.74, 6) is -1.59. The number of nitrogens with one attached hydrogen (secondary N) is 1. The zero-order valence-electron chi connectivity index (χ0n) is 12.9. The Hall–Kier alpha value is -2.45. The molecule has 26 heavy (non-hydrogen) atoms. The number of amides is 2. The van der Waals surface area contributed by atoms with Crippen LogP contribution in [-0.2, 0) is 11.0 Å². The van der Waals surface area contributed by atoms with E-state index in [2.05, 4.69) is 5.32 Å². The standard InChI is InChI=1S/C16H11Cl2F3N2O3/c17-9-2-4-13(10(6-9)15(22)25)26-7-14(24)23-12-5-8(16(19,20)21)1-3-11(12)18/h1-6H,7H2,(H2,22,25)(H,23,24). The molecule has 138 valence electrons. The first-order valence-corrected chi connectivity index (χ1v) is 7.72. The molecule has 0 saturated heterocycles. The number of benzene rings is 2. The fraction of sp³-hybridized carbons (Fsp3) is 0.125. The fourth-order valence-electron chi connectivity index (χ4n) is 1.95. The first kappa shape index (κ1) is 19.9. The Morgan fingerprint density at radius 1 is 1.12 bits per heavy atom. The summed E-state index contributed by atoms with van der Waals surface area (Å²) in [5.41, 5.74) is 3.96. The number of primary amides is 1. The van der Waals surface area contributed by atoms with E-state index in [0.29, 0.717) is 6.07 Å². The first-order chi connectivity index (χ1) is 12.1. The van der Waals surface area contributed by atoms with Crippen LogP contribution in [0.5, 0.6) is 5.75 Å². The summed E-state index contributed by atoms with van der Waals surface area (Å²) in [6.07, 6.45) is -4.58. The monoisotopic (exact) mass is 406 g/mol. The van der Waals surface area contributed by atoms with Gasteiger partial charge in [-0.05, 0) is 36.4 Å². The Labute approximate surface area is 155 Å². The minimum Gasteiger partial charge on any atom is -0.483 e. The van der Waals surface area contributed by atoms with Gasteiger partial charge in [0.1, 0.15) is 5.75 Å². The van der Waals surface area contributed by atoms with Gasteiger partial charge in [0.25, 0.3) is 11.8 Å². The van der Waals surface area contributed by atoms with Crippen LogP contribution in [0.3, 0.4) is 0 Å². The smallest absolute Gasteiger partial charge is 0.416 e. The molecule has 3 N–H and O–H groups in total. The molecule has 2 aromatic carbocycles. The summed E-state index contributed by atoms with van der Waals surface area (Å²) in [7, 11) is 0. The van der Waals surface area contributed by atoms with Crippen LogP contribution in [0.1, 0.15) is 15.9 Å². The van der Waals surface area contributed by atoms with E-state index >= 15 is 0 Å². The predicted octanol–water partition coefficient (Wildman–Crippen LogP) is 4.13. The highest BCUT2D eigenvalue weighted by Gasteiger charge is 2.31. The number of nitrogens with two attached hydrogens (primary N) is 1. The molecule has 10 heteroatoms. The second kappa shape index (κ2) is 7.84. The van der Waals surface area contributed by atoms with E-state index in [1.807, 2.05) is 0 Å². The lowest BCUT2D eigenvalue weighted by atomic mass is 10.2. The van der Waals surface area contributed by atoms with Crippen LogP contribution in [0.15, 0.2) is 36.4 Å². The average molecular weight is 407 g/mol. The van der Waals surface area contributed by atoms with Gasteiger partial charge in [-0.2, -0.15) is 13.2 Å². The van der Waals surface area contributed by atoms with Crippen molar-refractivity contribution in [1.29, 1.82) is 0 Å². The van der Waals surface area contributed by atoms with Crippen molar-refractivity contribution in [3.05, 3.63) is 57.6 Å². The SMILES string of the molecule is NC(=O)c1cc(Cl)ccc1OCC(=O)Nc1cc(C(F)(F)F)ccc1Cl. The molecule has 5 nitrogen and oxygen atoms in total. The number of rotatable bonds is 5. The van der Waals surface area contributed by atoms with Crippen molar-refractivity contribution >= 4 is 40.7 Å². The quantitative estimate of drug-likeness (QED) is 0.782. The number of hydrogen-bond donors (Lipinski definition) is 2. The molecule has 2 amide bonds. The van der Waals surface area contributed by atoms with Crippen LogP contribution in [0, 0.1) is 0 Å². The molecule has 0 bridgehead atoms. The summed E-state index contributed by atoms with van der Waals surface area (Å²) < 4.78 is 43.4. The number of halogens is 5. The Morgan fingerprint density at radius 2 is 1.81 bits per heavy atom. The van der Waals surface area contributed by atoms with E-state index in [1.165, 1.54) is 18.2 Å². The van der Waals surface area contributed by atoms with Crippen molar-refractivity contribution < 1.29 is 27.5 Å². The van der Waals surface area contributed by atoms with Gasteiger partial charge < -0.3 is 15.8 Å². The van der Waals surface area contributed by atoms with Gasteiger partial charge in [-0.25, -0.2) is 0 Å². The normalized spacial score (nSPS) is 11.1. The third kappa shape index (κ3) is 5.03. The van der Waals surface area contributed by atoms with Gasteiger partial charge in [-0.3, -0.25) is 9.59 Å². The van der Waals surface area contributed by atoms with E-state index in [1.54, 1.807) is 0 Å². The second-order valence-corrected chi connectivity index (χ2v) is 5.88. The number of carbonyl (C=O) groups excluding carboxylic acids is 2. The third-order valence-electron chi connectivity index (χ3n) is 3.13. The fourth-order valence-corrected chi connectivity index (χ4v) is 2.28. The maximum Gasteiger partial charge on any atom is 0.416 e. The van der Waals surface area contributed by atoms with Gasteiger partial charge >= 0.3 is 6.18 Å². The Balaban J connectivity index is 2.10. The molecular formula is C16H11Cl2F3N2O3. The molecule has 0 aliphatic carbocycles. The number of alkyl halides is 3. The summed E-state index contributed by atoms with van der Waals surface area (Å²) in [5, 5.41) is 2.38. The van der Waals surface area contributed by atoms with Gasteiger partial charge in [0.05, 0.1) is 21.8 Å². The average Bonchev–Trinajstić information content (AvgIpc) is 2.54. The summed E-state index contributed by atoms with van der Waals surface area (Å²) in [4.78, 5) is 23.3. The molecular weight excluding hydrogens is 396 g/mol. The molecule has 0 spiro atoms. The van der Waals surface area contributed by atoms with E-state index in [0.717, 1.165) is 12.1 Å². The van der Waals surface area contributed by atoms with Crippen LogP contribution in [0.25, 0.3) is 0 Å². The van der Waals surface area contributed by atoms with Crippen LogP contribution in [0.4, 0.5) is 18.9 Å². The van der Waals surface area contributed by atoms with Crippen molar-refractivity contribution in [1.82, 2.24) is 0 Å². The minimum atomic E-state index is -4.58. The maximum absolute atomic E-state index is 12.7. The summed E-state index contributed by atoms with van der Waals surface area (Å²) in [6, 6.07) is 6.54. The molecule has 0 radical (unpaired) electrons. The molecule has 0 atom stereocenters. The minimum absolute atomic E-state index is 0.00666. The zero-order valence-corrected chi connectivity index (χ0v) is 14.4. The van der Waals surface area contributed by atoms with Gasteiger partial charge in [0.15, 0.2) is 6.61 Å². The Kier molecular flexibility index (Phi) is 5.99. The molecule has 2 aromatic rings. The van der Waals surface area contributed by atoms with E-state index in [4.69, 9.17) is 33.7 Å². The molecule has 0 saturated carbocycles. The van der Waals surface area contributed by atoms with Gasteiger partial charge in [-0.1, -0.05) is 23.2 Å².